The number of carbonyl (C=O) groups is 1. The number of nitrogens with zero attached hydrogens (tertiary/aromatic N) is 2. The topological polar surface area (TPSA) is 45.2 Å². The highest BCUT2D eigenvalue weighted by molar-refractivity contribution is 5.79. The van der Waals surface area contributed by atoms with Crippen LogP contribution in [0.2, 0.25) is 0 Å². The zero-order chi connectivity index (χ0) is 20.6. The number of hydrogen-bond acceptors (Lipinski definition) is 3. The van der Waals surface area contributed by atoms with Crippen molar-refractivity contribution in [1.82, 2.24) is 15.2 Å². The highest BCUT2D eigenvalue weighted by Gasteiger charge is 2.30. The minimum absolute atomic E-state index is 0.000701. The van der Waals surface area contributed by atoms with Gasteiger partial charge in [0.05, 0.1) is 18.2 Å². The van der Waals surface area contributed by atoms with Crippen LogP contribution in [0.25, 0.3) is 0 Å². The molecule has 30 heavy (non-hydrogen) atoms. The number of nitrogens with one attached hydrogen (secondary N) is 1. The van der Waals surface area contributed by atoms with Gasteiger partial charge in [-0.15, -0.1) is 0 Å². The molecular weight excluding hydrogens is 370 g/mol. The number of pyridine rings is 1. The lowest BCUT2D eigenvalue weighted by atomic mass is 9.85. The second kappa shape index (κ2) is 10.7. The van der Waals surface area contributed by atoms with Crippen molar-refractivity contribution < 1.29 is 4.79 Å². The lowest BCUT2D eigenvalue weighted by Crippen LogP contribution is -2.42. The fourth-order valence-electron chi connectivity index (χ4n) is 5.20. The SMILES string of the molecule is O=C(Cc1ccccc1)NC(c1ccccn1)C1CCN(CC2CCCCC2)CC1. The third kappa shape index (κ3) is 5.91. The summed E-state index contributed by atoms with van der Waals surface area (Å²) in [6.07, 6.45) is 11.6. The second-order valence-corrected chi connectivity index (χ2v) is 9.10. The summed E-state index contributed by atoms with van der Waals surface area (Å²) in [4.78, 5) is 20.1. The van der Waals surface area contributed by atoms with Gasteiger partial charge in [-0.2, -0.15) is 0 Å². The standard InChI is InChI=1S/C26H35N3O/c30-25(19-21-9-3-1-4-10-21)28-26(24-13-7-8-16-27-24)23-14-17-29(18-15-23)20-22-11-5-2-6-12-22/h1,3-4,7-10,13,16,22-23,26H,2,5-6,11-12,14-15,17-20H2,(H,28,30). The molecule has 1 saturated carbocycles. The Morgan fingerprint density at radius 2 is 1.70 bits per heavy atom. The number of rotatable bonds is 7. The molecule has 4 nitrogen and oxygen atoms in total. The molecule has 1 aliphatic carbocycles. The number of benzene rings is 1. The molecule has 0 spiro atoms. The van der Waals surface area contributed by atoms with E-state index >= 15 is 0 Å². The highest BCUT2D eigenvalue weighted by Crippen LogP contribution is 2.32. The van der Waals surface area contributed by atoms with Crippen molar-refractivity contribution in [2.24, 2.45) is 11.8 Å². The number of hydrogen-bond donors (Lipinski definition) is 1. The van der Waals surface area contributed by atoms with Crippen LogP contribution in [0.5, 0.6) is 0 Å². The molecule has 1 amide bonds. The molecule has 1 saturated heterocycles. The summed E-state index contributed by atoms with van der Waals surface area (Å²) in [6, 6.07) is 16.0. The minimum Gasteiger partial charge on any atom is -0.347 e. The van der Waals surface area contributed by atoms with E-state index in [0.717, 1.165) is 43.1 Å². The van der Waals surface area contributed by atoms with Crippen molar-refractivity contribution in [3.63, 3.8) is 0 Å². The van der Waals surface area contributed by atoms with Crippen LogP contribution in [-0.2, 0) is 11.2 Å². The summed E-state index contributed by atoms with van der Waals surface area (Å²) >= 11 is 0. The van der Waals surface area contributed by atoms with Gasteiger partial charge in [-0.1, -0.05) is 55.7 Å². The maximum atomic E-state index is 12.8. The molecule has 160 valence electrons. The summed E-state index contributed by atoms with van der Waals surface area (Å²) < 4.78 is 0. The second-order valence-electron chi connectivity index (χ2n) is 9.10. The van der Waals surface area contributed by atoms with Crippen LogP contribution in [0.1, 0.15) is 62.2 Å². The first kappa shape index (κ1) is 21.0. The summed E-state index contributed by atoms with van der Waals surface area (Å²) in [5.41, 5.74) is 2.04. The van der Waals surface area contributed by atoms with Crippen LogP contribution < -0.4 is 5.32 Å². The fourth-order valence-corrected chi connectivity index (χ4v) is 5.20. The van der Waals surface area contributed by atoms with Gasteiger partial charge in [0.2, 0.25) is 5.91 Å². The Labute approximate surface area is 181 Å². The van der Waals surface area contributed by atoms with E-state index in [1.165, 1.54) is 38.6 Å². The third-order valence-electron chi connectivity index (χ3n) is 6.88. The predicted molar refractivity (Wildman–Crippen MR) is 121 cm³/mol. The highest BCUT2D eigenvalue weighted by atomic mass is 16.1. The average Bonchev–Trinajstić information content (AvgIpc) is 2.80. The van der Waals surface area contributed by atoms with Crippen LogP contribution in [-0.4, -0.2) is 35.4 Å². The summed E-state index contributed by atoms with van der Waals surface area (Å²) in [6.45, 7) is 3.54. The van der Waals surface area contributed by atoms with Crippen LogP contribution >= 0.6 is 0 Å². The molecule has 1 N–H and O–H groups in total. The Bertz CT molecular complexity index is 765. The minimum atomic E-state index is -0.000701. The van der Waals surface area contributed by atoms with Gasteiger partial charge in [0.1, 0.15) is 0 Å². The molecule has 1 atom stereocenters. The quantitative estimate of drug-likeness (QED) is 0.721. The summed E-state index contributed by atoms with van der Waals surface area (Å²) in [5, 5.41) is 3.33. The van der Waals surface area contributed by atoms with Gasteiger partial charge in [-0.3, -0.25) is 9.78 Å². The van der Waals surface area contributed by atoms with E-state index in [-0.39, 0.29) is 11.9 Å². The van der Waals surface area contributed by atoms with Crippen molar-refractivity contribution in [2.45, 2.75) is 57.4 Å². The van der Waals surface area contributed by atoms with Crippen molar-refractivity contribution in [3.05, 3.63) is 66.0 Å². The molecule has 0 radical (unpaired) electrons. The van der Waals surface area contributed by atoms with Gasteiger partial charge in [-0.25, -0.2) is 0 Å². The van der Waals surface area contributed by atoms with Gasteiger partial charge in [-0.05, 0) is 68.3 Å². The Morgan fingerprint density at radius 3 is 2.40 bits per heavy atom. The van der Waals surface area contributed by atoms with E-state index in [1.54, 1.807) is 0 Å². The van der Waals surface area contributed by atoms with Gasteiger partial charge in [0, 0.05) is 12.7 Å². The van der Waals surface area contributed by atoms with Gasteiger partial charge in [0.25, 0.3) is 0 Å². The van der Waals surface area contributed by atoms with E-state index in [4.69, 9.17) is 0 Å². The lowest BCUT2D eigenvalue weighted by Gasteiger charge is -2.38. The van der Waals surface area contributed by atoms with E-state index in [2.05, 4.69) is 21.3 Å². The van der Waals surface area contributed by atoms with Crippen LogP contribution in [0.3, 0.4) is 0 Å². The normalized spacial score (nSPS) is 20.0. The first-order chi connectivity index (χ1) is 14.8. The lowest BCUT2D eigenvalue weighted by molar-refractivity contribution is -0.121. The molecule has 1 unspecified atom stereocenters. The zero-order valence-electron chi connectivity index (χ0n) is 18.0. The Hall–Kier alpha value is -2.20. The van der Waals surface area contributed by atoms with Crippen molar-refractivity contribution in [1.29, 1.82) is 0 Å². The Balaban J connectivity index is 1.36. The van der Waals surface area contributed by atoms with Crippen molar-refractivity contribution >= 4 is 5.91 Å². The molecule has 0 bridgehead atoms. The van der Waals surface area contributed by atoms with E-state index in [1.807, 2.05) is 48.7 Å². The number of carbonyl (C=O) groups excluding carboxylic acids is 1. The van der Waals surface area contributed by atoms with Crippen molar-refractivity contribution in [3.8, 4) is 0 Å². The number of likely N-dealkylation sites (tertiary alicyclic amines) is 1. The van der Waals surface area contributed by atoms with Gasteiger partial charge >= 0.3 is 0 Å². The Morgan fingerprint density at radius 1 is 0.967 bits per heavy atom. The van der Waals surface area contributed by atoms with E-state index in [9.17, 15) is 4.79 Å². The smallest absolute Gasteiger partial charge is 0.224 e. The number of amides is 1. The third-order valence-corrected chi connectivity index (χ3v) is 6.88. The van der Waals surface area contributed by atoms with E-state index < -0.39 is 0 Å². The fraction of sp³-hybridized carbons (Fsp3) is 0.538. The first-order valence-electron chi connectivity index (χ1n) is 11.7. The monoisotopic (exact) mass is 405 g/mol. The van der Waals surface area contributed by atoms with Gasteiger partial charge < -0.3 is 10.2 Å². The molecule has 4 heteroatoms. The van der Waals surface area contributed by atoms with Crippen LogP contribution in [0.4, 0.5) is 0 Å². The molecule has 4 rings (SSSR count). The molecular formula is C26H35N3O. The first-order valence-corrected chi connectivity index (χ1v) is 11.7. The summed E-state index contributed by atoms with van der Waals surface area (Å²) in [7, 11) is 0. The maximum absolute atomic E-state index is 12.8. The maximum Gasteiger partial charge on any atom is 0.224 e. The molecule has 1 aromatic carbocycles. The molecule has 1 aromatic heterocycles. The molecule has 1 aliphatic heterocycles. The molecule has 2 fully saturated rings. The zero-order valence-corrected chi connectivity index (χ0v) is 18.0. The number of piperidine rings is 1. The molecule has 2 aliphatic rings. The van der Waals surface area contributed by atoms with Crippen LogP contribution in [0, 0.1) is 11.8 Å². The van der Waals surface area contributed by atoms with Crippen LogP contribution in [0.15, 0.2) is 54.7 Å². The Kier molecular flexibility index (Phi) is 7.52. The molecule has 2 aromatic rings. The average molecular weight is 406 g/mol. The molecule has 2 heterocycles. The number of aromatic nitrogens is 1. The van der Waals surface area contributed by atoms with E-state index in [0.29, 0.717) is 12.3 Å². The van der Waals surface area contributed by atoms with Gasteiger partial charge in [0.15, 0.2) is 0 Å². The predicted octanol–water partition coefficient (Wildman–Crippen LogP) is 4.77. The summed E-state index contributed by atoms with van der Waals surface area (Å²) in [5.74, 6) is 1.43. The largest absolute Gasteiger partial charge is 0.347 e. The van der Waals surface area contributed by atoms with Crippen molar-refractivity contribution in [2.75, 3.05) is 19.6 Å².